The molecule has 0 aliphatic heterocycles. The number of hydrogen-bond acceptors (Lipinski definition) is 4. The number of nitrogen functional groups attached to an aromatic ring is 1. The van der Waals surface area contributed by atoms with Crippen LogP contribution in [0.3, 0.4) is 0 Å². The van der Waals surface area contributed by atoms with Gasteiger partial charge in [-0.2, -0.15) is 0 Å². The van der Waals surface area contributed by atoms with Crippen LogP contribution in [0.4, 0.5) is 5.82 Å². The minimum atomic E-state index is -1.09. The van der Waals surface area contributed by atoms with E-state index >= 15 is 0 Å². The van der Waals surface area contributed by atoms with Gasteiger partial charge in [-0.3, -0.25) is 0 Å². The Morgan fingerprint density at radius 2 is 2.11 bits per heavy atom. The van der Waals surface area contributed by atoms with Crippen LogP contribution in [0.15, 0.2) is 36.5 Å². The maximum atomic E-state index is 11.0. The molecule has 2 aromatic rings. The molecular weight excluding hydrogens is 232 g/mol. The first-order valence-corrected chi connectivity index (χ1v) is 5.25. The SMILES string of the molecule is COc1cccc(-c2cnc(N)c(C(=O)O)c2)c1. The summed E-state index contributed by atoms with van der Waals surface area (Å²) >= 11 is 0. The van der Waals surface area contributed by atoms with Crippen LogP contribution in [0, 0.1) is 0 Å². The van der Waals surface area contributed by atoms with Crippen molar-refractivity contribution in [2.75, 3.05) is 12.8 Å². The van der Waals surface area contributed by atoms with Crippen molar-refractivity contribution < 1.29 is 14.6 Å². The Morgan fingerprint density at radius 1 is 1.33 bits per heavy atom. The van der Waals surface area contributed by atoms with Gasteiger partial charge < -0.3 is 15.6 Å². The second-order valence-electron chi connectivity index (χ2n) is 3.69. The highest BCUT2D eigenvalue weighted by Gasteiger charge is 2.11. The van der Waals surface area contributed by atoms with Crippen LogP contribution in [-0.4, -0.2) is 23.2 Å². The average molecular weight is 244 g/mol. The molecule has 0 atom stereocenters. The zero-order chi connectivity index (χ0) is 13.1. The van der Waals surface area contributed by atoms with Gasteiger partial charge in [0, 0.05) is 11.8 Å². The topological polar surface area (TPSA) is 85.4 Å². The summed E-state index contributed by atoms with van der Waals surface area (Å²) in [6.07, 6.45) is 1.54. The zero-order valence-electron chi connectivity index (χ0n) is 9.75. The van der Waals surface area contributed by atoms with Gasteiger partial charge in [-0.15, -0.1) is 0 Å². The number of carbonyl (C=O) groups is 1. The van der Waals surface area contributed by atoms with Gasteiger partial charge in [-0.1, -0.05) is 12.1 Å². The lowest BCUT2D eigenvalue weighted by molar-refractivity contribution is 0.0697. The quantitative estimate of drug-likeness (QED) is 0.862. The fourth-order valence-electron chi connectivity index (χ4n) is 1.61. The maximum absolute atomic E-state index is 11.0. The minimum Gasteiger partial charge on any atom is -0.497 e. The first kappa shape index (κ1) is 11.9. The van der Waals surface area contributed by atoms with Crippen molar-refractivity contribution in [2.45, 2.75) is 0 Å². The molecule has 92 valence electrons. The third kappa shape index (κ3) is 2.24. The van der Waals surface area contributed by atoms with Crippen LogP contribution in [0.2, 0.25) is 0 Å². The summed E-state index contributed by atoms with van der Waals surface area (Å²) in [4.78, 5) is 14.9. The molecule has 0 saturated carbocycles. The molecule has 0 fully saturated rings. The molecule has 0 bridgehead atoms. The molecule has 18 heavy (non-hydrogen) atoms. The van der Waals surface area contributed by atoms with Gasteiger partial charge in [-0.25, -0.2) is 9.78 Å². The second-order valence-corrected chi connectivity index (χ2v) is 3.69. The van der Waals surface area contributed by atoms with Gasteiger partial charge in [-0.05, 0) is 23.8 Å². The standard InChI is InChI=1S/C13H12N2O3/c1-18-10-4-2-3-8(5-10)9-6-11(13(16)17)12(14)15-7-9/h2-7H,1H3,(H2,14,15)(H,16,17). The van der Waals surface area contributed by atoms with Crippen LogP contribution >= 0.6 is 0 Å². The first-order valence-electron chi connectivity index (χ1n) is 5.25. The number of carboxylic acid groups (broad SMARTS) is 1. The molecule has 5 nitrogen and oxygen atoms in total. The van der Waals surface area contributed by atoms with Crippen molar-refractivity contribution in [3.63, 3.8) is 0 Å². The van der Waals surface area contributed by atoms with E-state index in [0.717, 1.165) is 5.56 Å². The number of anilines is 1. The molecule has 1 heterocycles. The van der Waals surface area contributed by atoms with Gasteiger partial charge in [0.05, 0.1) is 7.11 Å². The molecule has 3 N–H and O–H groups in total. The van der Waals surface area contributed by atoms with E-state index in [-0.39, 0.29) is 11.4 Å². The number of ether oxygens (including phenoxy) is 1. The molecule has 2 rings (SSSR count). The number of nitrogens with zero attached hydrogens (tertiary/aromatic N) is 1. The first-order chi connectivity index (χ1) is 8.61. The van der Waals surface area contributed by atoms with Crippen molar-refractivity contribution in [3.05, 3.63) is 42.1 Å². The number of hydrogen-bond donors (Lipinski definition) is 2. The second kappa shape index (κ2) is 4.75. The summed E-state index contributed by atoms with van der Waals surface area (Å²) in [5.41, 5.74) is 7.01. The molecule has 0 radical (unpaired) electrons. The van der Waals surface area contributed by atoms with Crippen molar-refractivity contribution in [3.8, 4) is 16.9 Å². The number of nitrogens with two attached hydrogens (primary N) is 1. The Hall–Kier alpha value is -2.56. The Labute approximate surface area is 104 Å². The number of carboxylic acids is 1. The molecule has 0 amide bonds. The normalized spacial score (nSPS) is 10.1. The Morgan fingerprint density at radius 3 is 2.78 bits per heavy atom. The number of pyridine rings is 1. The molecule has 5 heteroatoms. The predicted octanol–water partition coefficient (Wildman–Crippen LogP) is 2.04. The molecule has 0 aliphatic carbocycles. The van der Waals surface area contributed by atoms with Gasteiger partial charge in [0.25, 0.3) is 0 Å². The highest BCUT2D eigenvalue weighted by atomic mass is 16.5. The van der Waals surface area contributed by atoms with Gasteiger partial charge in [0.2, 0.25) is 0 Å². The zero-order valence-corrected chi connectivity index (χ0v) is 9.75. The van der Waals surface area contributed by atoms with E-state index in [1.807, 2.05) is 18.2 Å². The summed E-state index contributed by atoms with van der Waals surface area (Å²) in [6, 6.07) is 8.79. The van der Waals surface area contributed by atoms with Crippen molar-refractivity contribution >= 4 is 11.8 Å². The molecule has 0 aliphatic rings. The van der Waals surface area contributed by atoms with Gasteiger partial charge >= 0.3 is 5.97 Å². The summed E-state index contributed by atoms with van der Waals surface area (Å²) in [7, 11) is 1.57. The monoisotopic (exact) mass is 244 g/mol. The molecule has 1 aromatic carbocycles. The maximum Gasteiger partial charge on any atom is 0.339 e. The Kier molecular flexibility index (Phi) is 3.14. The number of benzene rings is 1. The number of aromatic nitrogens is 1. The lowest BCUT2D eigenvalue weighted by atomic mass is 10.1. The number of methoxy groups -OCH3 is 1. The molecule has 0 spiro atoms. The Balaban J connectivity index is 2.50. The smallest absolute Gasteiger partial charge is 0.339 e. The number of aromatic carboxylic acids is 1. The molecule has 0 saturated heterocycles. The van der Waals surface area contributed by atoms with E-state index in [0.29, 0.717) is 11.3 Å². The van der Waals surface area contributed by atoms with E-state index < -0.39 is 5.97 Å². The van der Waals surface area contributed by atoms with E-state index in [2.05, 4.69) is 4.98 Å². The van der Waals surface area contributed by atoms with E-state index in [1.54, 1.807) is 13.2 Å². The highest BCUT2D eigenvalue weighted by molar-refractivity contribution is 5.94. The fraction of sp³-hybridized carbons (Fsp3) is 0.0769. The van der Waals surface area contributed by atoms with Gasteiger partial charge in [0.15, 0.2) is 0 Å². The van der Waals surface area contributed by atoms with Crippen molar-refractivity contribution in [1.82, 2.24) is 4.98 Å². The van der Waals surface area contributed by atoms with Crippen LogP contribution in [-0.2, 0) is 0 Å². The van der Waals surface area contributed by atoms with Crippen LogP contribution in [0.25, 0.3) is 11.1 Å². The lowest BCUT2D eigenvalue weighted by Crippen LogP contribution is -2.04. The van der Waals surface area contributed by atoms with Gasteiger partial charge in [0.1, 0.15) is 17.1 Å². The van der Waals surface area contributed by atoms with Crippen LogP contribution in [0.1, 0.15) is 10.4 Å². The van der Waals surface area contributed by atoms with Crippen LogP contribution < -0.4 is 10.5 Å². The predicted molar refractivity (Wildman–Crippen MR) is 67.6 cm³/mol. The average Bonchev–Trinajstić information content (AvgIpc) is 2.39. The molecular formula is C13H12N2O3. The highest BCUT2D eigenvalue weighted by Crippen LogP contribution is 2.25. The summed E-state index contributed by atoms with van der Waals surface area (Å²) < 4.78 is 5.12. The third-order valence-corrected chi connectivity index (χ3v) is 2.55. The molecule has 1 aromatic heterocycles. The van der Waals surface area contributed by atoms with Crippen molar-refractivity contribution in [2.24, 2.45) is 0 Å². The third-order valence-electron chi connectivity index (χ3n) is 2.55. The number of rotatable bonds is 3. The molecule has 0 unspecified atom stereocenters. The Bertz CT molecular complexity index is 597. The fourth-order valence-corrected chi connectivity index (χ4v) is 1.61. The summed E-state index contributed by atoms with van der Waals surface area (Å²) in [5, 5.41) is 8.99. The van der Waals surface area contributed by atoms with Crippen LogP contribution in [0.5, 0.6) is 5.75 Å². The minimum absolute atomic E-state index is 0.00433. The summed E-state index contributed by atoms with van der Waals surface area (Å²) in [5.74, 6) is -0.389. The van der Waals surface area contributed by atoms with E-state index in [4.69, 9.17) is 15.6 Å². The summed E-state index contributed by atoms with van der Waals surface area (Å²) in [6.45, 7) is 0. The van der Waals surface area contributed by atoms with E-state index in [1.165, 1.54) is 12.3 Å². The van der Waals surface area contributed by atoms with Crippen molar-refractivity contribution in [1.29, 1.82) is 0 Å². The lowest BCUT2D eigenvalue weighted by Gasteiger charge is -2.06. The van der Waals surface area contributed by atoms with E-state index in [9.17, 15) is 4.79 Å². The largest absolute Gasteiger partial charge is 0.497 e.